The SMILES string of the molecule is CCCCC(CC)C(=O)c1cc(OC)ccc1OC. The Bertz CT molecular complexity index is 412. The van der Waals surface area contributed by atoms with Crippen LogP contribution < -0.4 is 9.47 Å². The zero-order chi connectivity index (χ0) is 14.3. The van der Waals surface area contributed by atoms with Crippen molar-refractivity contribution in [3.05, 3.63) is 23.8 Å². The van der Waals surface area contributed by atoms with Crippen LogP contribution in [0.1, 0.15) is 49.9 Å². The monoisotopic (exact) mass is 264 g/mol. The summed E-state index contributed by atoms with van der Waals surface area (Å²) in [5, 5.41) is 0. The van der Waals surface area contributed by atoms with Crippen LogP contribution in [0.15, 0.2) is 18.2 Å². The maximum absolute atomic E-state index is 12.6. The highest BCUT2D eigenvalue weighted by Gasteiger charge is 2.21. The Labute approximate surface area is 115 Å². The summed E-state index contributed by atoms with van der Waals surface area (Å²) in [6.45, 7) is 4.20. The first kappa shape index (κ1) is 15.5. The van der Waals surface area contributed by atoms with E-state index in [1.54, 1.807) is 26.4 Å². The predicted molar refractivity (Wildman–Crippen MR) is 77.2 cm³/mol. The zero-order valence-corrected chi connectivity index (χ0v) is 12.4. The maximum atomic E-state index is 12.6. The van der Waals surface area contributed by atoms with Crippen LogP contribution in [0.3, 0.4) is 0 Å². The van der Waals surface area contributed by atoms with Gasteiger partial charge in [0.15, 0.2) is 5.78 Å². The van der Waals surface area contributed by atoms with E-state index in [1.807, 2.05) is 6.07 Å². The largest absolute Gasteiger partial charge is 0.497 e. The Morgan fingerprint density at radius 3 is 2.47 bits per heavy atom. The van der Waals surface area contributed by atoms with E-state index in [0.29, 0.717) is 17.1 Å². The third kappa shape index (κ3) is 3.98. The van der Waals surface area contributed by atoms with E-state index in [0.717, 1.165) is 25.7 Å². The zero-order valence-electron chi connectivity index (χ0n) is 12.4. The molecule has 1 unspecified atom stereocenters. The van der Waals surface area contributed by atoms with Crippen LogP contribution in [-0.2, 0) is 0 Å². The molecule has 1 aromatic rings. The van der Waals surface area contributed by atoms with Crippen molar-refractivity contribution >= 4 is 5.78 Å². The summed E-state index contributed by atoms with van der Waals surface area (Å²) in [4.78, 5) is 12.6. The molecule has 0 bridgehead atoms. The van der Waals surface area contributed by atoms with Gasteiger partial charge >= 0.3 is 0 Å². The fourth-order valence-corrected chi connectivity index (χ4v) is 2.20. The lowest BCUT2D eigenvalue weighted by Crippen LogP contribution is -2.15. The number of benzene rings is 1. The Morgan fingerprint density at radius 2 is 1.95 bits per heavy atom. The van der Waals surface area contributed by atoms with Crippen LogP contribution in [0.5, 0.6) is 11.5 Å². The second kappa shape index (κ2) is 7.82. The molecule has 0 heterocycles. The first-order valence-electron chi connectivity index (χ1n) is 6.94. The van der Waals surface area contributed by atoms with E-state index in [2.05, 4.69) is 13.8 Å². The van der Waals surface area contributed by atoms with Gasteiger partial charge in [-0.3, -0.25) is 4.79 Å². The van der Waals surface area contributed by atoms with E-state index in [9.17, 15) is 4.79 Å². The molecule has 1 atom stereocenters. The summed E-state index contributed by atoms with van der Waals surface area (Å²) >= 11 is 0. The van der Waals surface area contributed by atoms with Gasteiger partial charge in [-0.1, -0.05) is 26.7 Å². The molecule has 0 aliphatic carbocycles. The number of ether oxygens (including phenoxy) is 2. The summed E-state index contributed by atoms with van der Waals surface area (Å²) in [5.41, 5.74) is 0.629. The predicted octanol–water partition coefficient (Wildman–Crippen LogP) is 4.10. The number of carbonyl (C=O) groups excluding carboxylic acids is 1. The summed E-state index contributed by atoms with van der Waals surface area (Å²) in [7, 11) is 3.19. The number of carbonyl (C=O) groups is 1. The maximum Gasteiger partial charge on any atom is 0.169 e. The molecular weight excluding hydrogens is 240 g/mol. The van der Waals surface area contributed by atoms with E-state index < -0.39 is 0 Å². The van der Waals surface area contributed by atoms with Gasteiger partial charge in [-0.15, -0.1) is 0 Å². The average Bonchev–Trinajstić information content (AvgIpc) is 2.47. The molecule has 0 aliphatic heterocycles. The van der Waals surface area contributed by atoms with Crippen molar-refractivity contribution < 1.29 is 14.3 Å². The van der Waals surface area contributed by atoms with Crippen LogP contribution >= 0.6 is 0 Å². The van der Waals surface area contributed by atoms with Crippen molar-refractivity contribution in [3.8, 4) is 11.5 Å². The van der Waals surface area contributed by atoms with Crippen molar-refractivity contribution in [1.29, 1.82) is 0 Å². The van der Waals surface area contributed by atoms with Crippen LogP contribution in [0.2, 0.25) is 0 Å². The first-order chi connectivity index (χ1) is 9.17. The quantitative estimate of drug-likeness (QED) is 0.663. The Kier molecular flexibility index (Phi) is 6.40. The number of rotatable bonds is 8. The molecule has 1 aromatic carbocycles. The molecule has 3 nitrogen and oxygen atoms in total. The molecule has 106 valence electrons. The van der Waals surface area contributed by atoms with Gasteiger partial charge in [-0.2, -0.15) is 0 Å². The molecule has 0 fully saturated rings. The lowest BCUT2D eigenvalue weighted by molar-refractivity contribution is 0.0904. The minimum Gasteiger partial charge on any atom is -0.497 e. The van der Waals surface area contributed by atoms with Gasteiger partial charge in [-0.05, 0) is 31.0 Å². The highest BCUT2D eigenvalue weighted by molar-refractivity contribution is 6.00. The molecule has 0 aromatic heterocycles. The minimum atomic E-state index is 0.0703. The van der Waals surface area contributed by atoms with E-state index in [4.69, 9.17) is 9.47 Å². The van der Waals surface area contributed by atoms with E-state index in [-0.39, 0.29) is 11.7 Å². The lowest BCUT2D eigenvalue weighted by atomic mass is 9.90. The molecule has 0 N–H and O–H groups in total. The first-order valence-corrected chi connectivity index (χ1v) is 6.94. The molecule has 0 amide bonds. The van der Waals surface area contributed by atoms with Gasteiger partial charge < -0.3 is 9.47 Å². The van der Waals surface area contributed by atoms with Gasteiger partial charge in [0.25, 0.3) is 0 Å². The minimum absolute atomic E-state index is 0.0703. The van der Waals surface area contributed by atoms with Gasteiger partial charge in [0.1, 0.15) is 11.5 Å². The van der Waals surface area contributed by atoms with Crippen molar-refractivity contribution in [2.75, 3.05) is 14.2 Å². The molecule has 19 heavy (non-hydrogen) atoms. The number of hydrogen-bond donors (Lipinski definition) is 0. The second-order valence-electron chi connectivity index (χ2n) is 4.68. The van der Waals surface area contributed by atoms with Gasteiger partial charge in [-0.25, -0.2) is 0 Å². The smallest absolute Gasteiger partial charge is 0.169 e. The van der Waals surface area contributed by atoms with Crippen LogP contribution in [0.4, 0.5) is 0 Å². The summed E-state index contributed by atoms with van der Waals surface area (Å²) in [6.07, 6.45) is 3.99. The highest BCUT2D eigenvalue weighted by atomic mass is 16.5. The molecule has 0 aliphatic rings. The third-order valence-electron chi connectivity index (χ3n) is 3.44. The molecule has 0 saturated heterocycles. The van der Waals surface area contributed by atoms with E-state index in [1.165, 1.54) is 0 Å². The van der Waals surface area contributed by atoms with Crippen LogP contribution in [0.25, 0.3) is 0 Å². The van der Waals surface area contributed by atoms with E-state index >= 15 is 0 Å². The standard InChI is InChI=1S/C16H24O3/c1-5-7-8-12(6-2)16(17)14-11-13(18-3)9-10-15(14)19-4/h9-12H,5-8H2,1-4H3. The molecule has 3 heteroatoms. The van der Waals surface area contributed by atoms with Gasteiger partial charge in [0, 0.05) is 5.92 Å². The van der Waals surface area contributed by atoms with Crippen molar-refractivity contribution in [1.82, 2.24) is 0 Å². The number of unbranched alkanes of at least 4 members (excludes halogenated alkanes) is 1. The van der Waals surface area contributed by atoms with Gasteiger partial charge in [0.05, 0.1) is 19.8 Å². The van der Waals surface area contributed by atoms with Crippen molar-refractivity contribution in [2.24, 2.45) is 5.92 Å². The summed E-state index contributed by atoms with van der Waals surface area (Å²) in [6, 6.07) is 5.37. The van der Waals surface area contributed by atoms with Crippen LogP contribution in [-0.4, -0.2) is 20.0 Å². The molecule has 0 radical (unpaired) electrons. The fourth-order valence-electron chi connectivity index (χ4n) is 2.20. The van der Waals surface area contributed by atoms with Crippen molar-refractivity contribution in [3.63, 3.8) is 0 Å². The Balaban J connectivity index is 3.01. The van der Waals surface area contributed by atoms with Crippen molar-refractivity contribution in [2.45, 2.75) is 39.5 Å². The summed E-state index contributed by atoms with van der Waals surface area (Å²) < 4.78 is 10.5. The normalized spacial score (nSPS) is 12.0. The fraction of sp³-hybridized carbons (Fsp3) is 0.562. The molecule has 1 rings (SSSR count). The highest BCUT2D eigenvalue weighted by Crippen LogP contribution is 2.28. The van der Waals surface area contributed by atoms with Gasteiger partial charge in [0.2, 0.25) is 0 Å². The molecule has 0 saturated carbocycles. The Morgan fingerprint density at radius 1 is 1.21 bits per heavy atom. The topological polar surface area (TPSA) is 35.5 Å². The third-order valence-corrected chi connectivity index (χ3v) is 3.44. The average molecular weight is 264 g/mol. The number of hydrogen-bond acceptors (Lipinski definition) is 3. The molecule has 0 spiro atoms. The number of Topliss-reactive ketones (excluding diaryl/α,β-unsaturated/α-hetero) is 1. The molecular formula is C16H24O3. The number of methoxy groups -OCH3 is 2. The Hall–Kier alpha value is -1.51. The lowest BCUT2D eigenvalue weighted by Gasteiger charge is -2.16. The number of ketones is 1. The summed E-state index contributed by atoms with van der Waals surface area (Å²) in [5.74, 6) is 1.54. The second-order valence-corrected chi connectivity index (χ2v) is 4.68. The van der Waals surface area contributed by atoms with Crippen LogP contribution in [0, 0.1) is 5.92 Å².